The van der Waals surface area contributed by atoms with E-state index in [9.17, 15) is 0 Å². The van der Waals surface area contributed by atoms with E-state index in [4.69, 9.17) is 4.74 Å². The molecule has 8 heteroatoms. The number of nitrogens with one attached hydrogen (secondary N) is 2. The number of rotatable bonds is 8. The molecule has 0 saturated heterocycles. The molecule has 0 bridgehead atoms. The van der Waals surface area contributed by atoms with E-state index < -0.39 is 0 Å². The fourth-order valence-corrected chi connectivity index (χ4v) is 1.75. The summed E-state index contributed by atoms with van der Waals surface area (Å²) in [5.74, 6) is 1.49. The summed E-state index contributed by atoms with van der Waals surface area (Å²) in [6.45, 7) is 8.00. The van der Waals surface area contributed by atoms with Crippen molar-refractivity contribution in [2.45, 2.75) is 26.9 Å². The molecule has 0 fully saturated rings. The minimum absolute atomic E-state index is 0.0857. The van der Waals surface area contributed by atoms with Crippen molar-refractivity contribution in [3.05, 3.63) is 18.5 Å². The van der Waals surface area contributed by atoms with Crippen molar-refractivity contribution in [2.75, 3.05) is 30.3 Å². The Labute approximate surface area is 124 Å². The minimum Gasteiger partial charge on any atom is -0.377 e. The molecule has 2 aromatic rings. The molecule has 0 amide bonds. The van der Waals surface area contributed by atoms with E-state index in [-0.39, 0.29) is 6.10 Å². The zero-order valence-electron chi connectivity index (χ0n) is 12.6. The first-order valence-electron chi connectivity index (χ1n) is 7.08. The maximum atomic E-state index is 5.48. The monoisotopic (exact) mass is 291 g/mol. The molecular weight excluding hydrogens is 270 g/mol. The van der Waals surface area contributed by atoms with Crippen LogP contribution in [0.4, 0.5) is 11.9 Å². The maximum absolute atomic E-state index is 5.48. The Morgan fingerprint density at radius 1 is 1.19 bits per heavy atom. The van der Waals surface area contributed by atoms with Crippen molar-refractivity contribution in [3.63, 3.8) is 0 Å². The molecule has 0 saturated carbocycles. The molecule has 2 N–H and O–H groups in total. The highest BCUT2D eigenvalue weighted by Gasteiger charge is 2.09. The molecular formula is C13H21N7O. The Hall–Kier alpha value is -2.22. The van der Waals surface area contributed by atoms with Gasteiger partial charge in [-0.2, -0.15) is 20.1 Å². The third-order valence-corrected chi connectivity index (χ3v) is 2.67. The fourth-order valence-electron chi connectivity index (χ4n) is 1.75. The normalized spacial score (nSPS) is 12.1. The average molecular weight is 291 g/mol. The minimum atomic E-state index is 0.0857. The van der Waals surface area contributed by atoms with Crippen LogP contribution >= 0.6 is 0 Å². The van der Waals surface area contributed by atoms with Crippen LogP contribution in [-0.4, -0.2) is 50.5 Å². The van der Waals surface area contributed by atoms with Gasteiger partial charge in [-0.3, -0.25) is 0 Å². The number of hydrogen-bond donors (Lipinski definition) is 2. The quantitative estimate of drug-likeness (QED) is 0.758. The average Bonchev–Trinajstić information content (AvgIpc) is 3.00. The Morgan fingerprint density at radius 3 is 2.57 bits per heavy atom. The molecule has 8 nitrogen and oxygen atoms in total. The van der Waals surface area contributed by atoms with Crippen molar-refractivity contribution < 1.29 is 4.74 Å². The summed E-state index contributed by atoms with van der Waals surface area (Å²) >= 11 is 0. The molecule has 0 aliphatic rings. The molecule has 0 aliphatic carbocycles. The van der Waals surface area contributed by atoms with Crippen molar-refractivity contribution in [2.24, 2.45) is 0 Å². The maximum Gasteiger partial charge on any atom is 0.257 e. The Bertz CT molecular complexity index is 543. The second-order valence-electron chi connectivity index (χ2n) is 4.41. The number of anilines is 2. The highest BCUT2D eigenvalue weighted by Crippen LogP contribution is 2.09. The van der Waals surface area contributed by atoms with Crippen LogP contribution in [-0.2, 0) is 4.74 Å². The predicted molar refractivity (Wildman–Crippen MR) is 80.7 cm³/mol. The smallest absolute Gasteiger partial charge is 0.257 e. The van der Waals surface area contributed by atoms with Crippen LogP contribution in [0.25, 0.3) is 5.95 Å². The summed E-state index contributed by atoms with van der Waals surface area (Å²) in [7, 11) is 0. The largest absolute Gasteiger partial charge is 0.377 e. The van der Waals surface area contributed by atoms with Gasteiger partial charge >= 0.3 is 0 Å². The summed E-state index contributed by atoms with van der Waals surface area (Å²) in [4.78, 5) is 13.0. The summed E-state index contributed by atoms with van der Waals surface area (Å²) in [5, 5.41) is 10.4. The molecule has 21 heavy (non-hydrogen) atoms. The van der Waals surface area contributed by atoms with Gasteiger partial charge in [0, 0.05) is 32.1 Å². The van der Waals surface area contributed by atoms with E-state index in [2.05, 4.69) is 30.7 Å². The van der Waals surface area contributed by atoms with Gasteiger partial charge in [0.15, 0.2) is 0 Å². The van der Waals surface area contributed by atoms with Crippen LogP contribution in [0.2, 0.25) is 0 Å². The summed E-state index contributed by atoms with van der Waals surface area (Å²) < 4.78 is 7.07. The van der Waals surface area contributed by atoms with Crippen LogP contribution in [0.15, 0.2) is 18.5 Å². The highest BCUT2D eigenvalue weighted by atomic mass is 16.5. The Kier molecular flexibility index (Phi) is 5.44. The molecule has 0 spiro atoms. The third-order valence-electron chi connectivity index (χ3n) is 2.67. The molecule has 2 rings (SSSR count). The first kappa shape index (κ1) is 15.2. The van der Waals surface area contributed by atoms with Crippen molar-refractivity contribution in [1.82, 2.24) is 24.7 Å². The summed E-state index contributed by atoms with van der Waals surface area (Å²) in [5.41, 5.74) is 0. The van der Waals surface area contributed by atoms with Gasteiger partial charge in [-0.15, -0.1) is 0 Å². The molecule has 1 atom stereocenters. The molecule has 0 aliphatic heterocycles. The zero-order chi connectivity index (χ0) is 15.1. The first-order chi connectivity index (χ1) is 10.2. The zero-order valence-corrected chi connectivity index (χ0v) is 12.6. The van der Waals surface area contributed by atoms with Gasteiger partial charge in [-0.1, -0.05) is 0 Å². The van der Waals surface area contributed by atoms with Gasteiger partial charge in [0.1, 0.15) is 0 Å². The van der Waals surface area contributed by atoms with Crippen LogP contribution in [0.1, 0.15) is 20.8 Å². The van der Waals surface area contributed by atoms with Gasteiger partial charge in [0.05, 0.1) is 6.10 Å². The lowest BCUT2D eigenvalue weighted by Crippen LogP contribution is -2.22. The van der Waals surface area contributed by atoms with E-state index in [1.807, 2.05) is 26.8 Å². The first-order valence-corrected chi connectivity index (χ1v) is 7.08. The van der Waals surface area contributed by atoms with Crippen molar-refractivity contribution >= 4 is 11.9 Å². The fraction of sp³-hybridized carbons (Fsp3) is 0.538. The van der Waals surface area contributed by atoms with Crippen LogP contribution in [0.5, 0.6) is 0 Å². The van der Waals surface area contributed by atoms with E-state index in [1.165, 1.54) is 0 Å². The molecule has 0 aromatic carbocycles. The van der Waals surface area contributed by atoms with E-state index in [0.29, 0.717) is 31.0 Å². The number of hydrogen-bond acceptors (Lipinski definition) is 7. The van der Waals surface area contributed by atoms with Crippen LogP contribution in [0.3, 0.4) is 0 Å². The number of nitrogens with zero attached hydrogens (tertiary/aromatic N) is 5. The van der Waals surface area contributed by atoms with Gasteiger partial charge in [-0.05, 0) is 26.8 Å². The van der Waals surface area contributed by atoms with Gasteiger partial charge in [0.2, 0.25) is 11.9 Å². The van der Waals surface area contributed by atoms with Gasteiger partial charge in [-0.25, -0.2) is 4.68 Å². The lowest BCUT2D eigenvalue weighted by atomic mass is 10.4. The lowest BCUT2D eigenvalue weighted by molar-refractivity contribution is 0.0854. The van der Waals surface area contributed by atoms with E-state index in [0.717, 1.165) is 6.54 Å². The predicted octanol–water partition coefficient (Wildman–Crippen LogP) is 1.33. The molecule has 2 heterocycles. The molecule has 2 aromatic heterocycles. The number of ether oxygens (including phenoxy) is 1. The Balaban J connectivity index is 2.16. The van der Waals surface area contributed by atoms with Gasteiger partial charge in [0.25, 0.3) is 5.95 Å². The van der Waals surface area contributed by atoms with Crippen molar-refractivity contribution in [3.8, 4) is 5.95 Å². The second kappa shape index (κ2) is 7.53. The standard InChI is InChI=1S/C13H21N7O/c1-4-14-11-17-12(15-9-10(3)21-5-2)19-13(18-11)20-8-6-7-16-20/h6-8,10H,4-5,9H2,1-3H3,(H2,14,15,17,18,19). The lowest BCUT2D eigenvalue weighted by Gasteiger charge is -2.13. The Morgan fingerprint density at radius 2 is 1.95 bits per heavy atom. The molecule has 1 unspecified atom stereocenters. The topological polar surface area (TPSA) is 89.8 Å². The molecule has 0 radical (unpaired) electrons. The van der Waals surface area contributed by atoms with Crippen molar-refractivity contribution in [1.29, 1.82) is 0 Å². The van der Waals surface area contributed by atoms with Crippen LogP contribution in [0, 0.1) is 0 Å². The van der Waals surface area contributed by atoms with Gasteiger partial charge < -0.3 is 15.4 Å². The second-order valence-corrected chi connectivity index (χ2v) is 4.41. The number of aromatic nitrogens is 5. The van der Waals surface area contributed by atoms with E-state index >= 15 is 0 Å². The highest BCUT2D eigenvalue weighted by molar-refractivity contribution is 5.37. The van der Waals surface area contributed by atoms with E-state index in [1.54, 1.807) is 17.1 Å². The molecule has 114 valence electrons. The third kappa shape index (κ3) is 4.38. The summed E-state index contributed by atoms with van der Waals surface area (Å²) in [6, 6.07) is 1.82. The SMILES string of the molecule is CCNc1nc(NCC(C)OCC)nc(-n2cccn2)n1. The van der Waals surface area contributed by atoms with Crippen LogP contribution < -0.4 is 10.6 Å². The summed E-state index contributed by atoms with van der Waals surface area (Å²) in [6.07, 6.45) is 3.56.